The van der Waals surface area contributed by atoms with Crippen LogP contribution < -0.4 is 15.4 Å². The van der Waals surface area contributed by atoms with Crippen LogP contribution in [0.5, 0.6) is 5.75 Å². The lowest BCUT2D eigenvalue weighted by Gasteiger charge is -2.38. The smallest absolute Gasteiger partial charge is 0.255 e. The first-order valence-corrected chi connectivity index (χ1v) is 10.2. The number of rotatable bonds is 5. The SMILES string of the molecule is Cl.O=C(N[C@H]1C[C@H]2CNC[C@H]2C[C@@H]1OCC1CC1)c1cccc2c1OCC2. The maximum absolute atomic E-state index is 13.0. The van der Waals surface area contributed by atoms with Gasteiger partial charge < -0.3 is 20.1 Å². The van der Waals surface area contributed by atoms with Crippen LogP contribution in [0.25, 0.3) is 0 Å². The van der Waals surface area contributed by atoms with E-state index in [1.54, 1.807) is 0 Å². The van der Waals surface area contributed by atoms with Crippen molar-refractivity contribution in [2.24, 2.45) is 17.8 Å². The average Bonchev–Trinajstić information content (AvgIpc) is 3.15. The van der Waals surface area contributed by atoms with E-state index in [1.165, 1.54) is 12.8 Å². The highest BCUT2D eigenvalue weighted by Crippen LogP contribution is 2.37. The molecule has 0 radical (unpaired) electrons. The van der Waals surface area contributed by atoms with Crippen LogP contribution in [0.15, 0.2) is 18.2 Å². The fourth-order valence-electron chi connectivity index (χ4n) is 4.80. The molecule has 1 aromatic carbocycles. The van der Waals surface area contributed by atoms with Crippen LogP contribution in [0.1, 0.15) is 41.6 Å². The third kappa shape index (κ3) is 3.96. The maximum Gasteiger partial charge on any atom is 0.255 e. The molecule has 0 bridgehead atoms. The summed E-state index contributed by atoms with van der Waals surface area (Å²) in [6, 6.07) is 5.99. The molecule has 1 aromatic rings. The number of fused-ring (bicyclic) bond motifs is 2. The molecule has 1 amide bonds. The van der Waals surface area contributed by atoms with E-state index < -0.39 is 0 Å². The van der Waals surface area contributed by atoms with Crippen molar-refractivity contribution in [1.29, 1.82) is 0 Å². The number of hydrogen-bond acceptors (Lipinski definition) is 4. The third-order valence-electron chi connectivity index (χ3n) is 6.54. The van der Waals surface area contributed by atoms with Gasteiger partial charge >= 0.3 is 0 Å². The first kappa shape index (κ1) is 19.0. The second kappa shape index (κ2) is 7.98. The predicted octanol–water partition coefficient (Wildman–Crippen LogP) is 2.57. The Bertz CT molecular complexity index is 694. The molecule has 3 fully saturated rings. The number of nitrogens with one attached hydrogen (secondary N) is 2. The van der Waals surface area contributed by atoms with Gasteiger partial charge in [-0.2, -0.15) is 0 Å². The summed E-state index contributed by atoms with van der Waals surface area (Å²) >= 11 is 0. The van der Waals surface area contributed by atoms with Crippen molar-refractivity contribution in [3.05, 3.63) is 29.3 Å². The van der Waals surface area contributed by atoms with Gasteiger partial charge in [-0.3, -0.25) is 4.79 Å². The van der Waals surface area contributed by atoms with Crippen LogP contribution in [-0.2, 0) is 11.2 Å². The van der Waals surface area contributed by atoms with Gasteiger partial charge in [0.1, 0.15) is 5.75 Å². The molecule has 2 aliphatic heterocycles. The molecule has 148 valence electrons. The van der Waals surface area contributed by atoms with Crippen molar-refractivity contribution in [3.63, 3.8) is 0 Å². The first-order chi connectivity index (χ1) is 12.8. The molecule has 0 unspecified atom stereocenters. The van der Waals surface area contributed by atoms with Crippen molar-refractivity contribution in [2.45, 2.75) is 44.2 Å². The fourth-order valence-corrected chi connectivity index (χ4v) is 4.80. The van der Waals surface area contributed by atoms with E-state index in [2.05, 4.69) is 16.7 Å². The molecule has 2 N–H and O–H groups in total. The Morgan fingerprint density at radius 3 is 2.85 bits per heavy atom. The molecule has 5 rings (SSSR count). The lowest BCUT2D eigenvalue weighted by Crippen LogP contribution is -2.50. The molecule has 27 heavy (non-hydrogen) atoms. The molecule has 1 saturated heterocycles. The van der Waals surface area contributed by atoms with E-state index in [9.17, 15) is 4.79 Å². The molecular formula is C21H29ClN2O3. The second-order valence-electron chi connectivity index (χ2n) is 8.44. The summed E-state index contributed by atoms with van der Waals surface area (Å²) in [6.45, 7) is 3.68. The van der Waals surface area contributed by atoms with Gasteiger partial charge in [0.05, 0.1) is 24.3 Å². The number of amides is 1. The van der Waals surface area contributed by atoms with Crippen LogP contribution >= 0.6 is 12.4 Å². The van der Waals surface area contributed by atoms with Crippen molar-refractivity contribution >= 4 is 18.3 Å². The first-order valence-electron chi connectivity index (χ1n) is 10.2. The Labute approximate surface area is 167 Å². The van der Waals surface area contributed by atoms with E-state index in [4.69, 9.17) is 9.47 Å². The lowest BCUT2D eigenvalue weighted by atomic mass is 9.77. The van der Waals surface area contributed by atoms with Gasteiger partial charge in [0, 0.05) is 13.0 Å². The quantitative estimate of drug-likeness (QED) is 0.808. The molecule has 6 heteroatoms. The predicted molar refractivity (Wildman–Crippen MR) is 106 cm³/mol. The van der Waals surface area contributed by atoms with Crippen LogP contribution in [-0.4, -0.2) is 44.4 Å². The summed E-state index contributed by atoms with van der Waals surface area (Å²) in [5.74, 6) is 2.85. The molecule has 2 aliphatic carbocycles. The van der Waals surface area contributed by atoms with Gasteiger partial charge in [-0.25, -0.2) is 0 Å². The van der Waals surface area contributed by atoms with Crippen LogP contribution in [0, 0.1) is 17.8 Å². The number of carbonyl (C=O) groups excluding carboxylic acids is 1. The number of para-hydroxylation sites is 1. The van der Waals surface area contributed by atoms with E-state index in [1.807, 2.05) is 12.1 Å². The number of halogens is 1. The third-order valence-corrected chi connectivity index (χ3v) is 6.54. The molecule has 4 atom stereocenters. The topological polar surface area (TPSA) is 59.6 Å². The molecule has 5 nitrogen and oxygen atoms in total. The van der Waals surface area contributed by atoms with E-state index in [0.29, 0.717) is 24.0 Å². The summed E-state index contributed by atoms with van der Waals surface area (Å²) in [5, 5.41) is 6.81. The van der Waals surface area contributed by atoms with Gasteiger partial charge in [0.2, 0.25) is 0 Å². The van der Waals surface area contributed by atoms with Crippen molar-refractivity contribution in [1.82, 2.24) is 10.6 Å². The molecular weight excluding hydrogens is 364 g/mol. The molecule has 0 aromatic heterocycles. The molecule has 2 saturated carbocycles. The zero-order chi connectivity index (χ0) is 17.5. The monoisotopic (exact) mass is 392 g/mol. The van der Waals surface area contributed by atoms with E-state index in [0.717, 1.165) is 56.2 Å². The van der Waals surface area contributed by atoms with Gasteiger partial charge in [-0.05, 0) is 68.2 Å². The second-order valence-corrected chi connectivity index (χ2v) is 8.44. The minimum absolute atomic E-state index is 0. The van der Waals surface area contributed by atoms with E-state index in [-0.39, 0.29) is 30.5 Å². The van der Waals surface area contributed by atoms with E-state index >= 15 is 0 Å². The fraction of sp³-hybridized carbons (Fsp3) is 0.667. The molecule has 4 aliphatic rings. The largest absolute Gasteiger partial charge is 0.492 e. The highest BCUT2D eigenvalue weighted by molar-refractivity contribution is 5.97. The Morgan fingerprint density at radius 2 is 2.04 bits per heavy atom. The zero-order valence-electron chi connectivity index (χ0n) is 15.6. The standard InChI is InChI=1S/C21H28N2O3.ClH/c24-21(17-3-1-2-14-6-7-25-20(14)17)23-18-8-15-10-22-11-16(15)9-19(18)26-12-13-4-5-13;/h1-3,13,15-16,18-19,22H,4-12H2,(H,23,24);1H/t15-,16+,18-,19-;/m0./s1. The summed E-state index contributed by atoms with van der Waals surface area (Å²) in [5.41, 5.74) is 1.82. The minimum Gasteiger partial charge on any atom is -0.492 e. The normalized spacial score (nSPS) is 31.4. The van der Waals surface area contributed by atoms with Gasteiger partial charge in [-0.1, -0.05) is 12.1 Å². The summed E-state index contributed by atoms with van der Waals surface area (Å²) < 4.78 is 12.0. The van der Waals surface area contributed by atoms with Gasteiger partial charge in [0.25, 0.3) is 5.91 Å². The number of ether oxygens (including phenoxy) is 2. The molecule has 0 spiro atoms. The maximum atomic E-state index is 13.0. The van der Waals surface area contributed by atoms with Crippen LogP contribution in [0.3, 0.4) is 0 Å². The van der Waals surface area contributed by atoms with Crippen molar-refractivity contribution in [3.8, 4) is 5.75 Å². The Hall–Kier alpha value is -1.30. The zero-order valence-corrected chi connectivity index (χ0v) is 16.4. The minimum atomic E-state index is -0.0156. The Morgan fingerprint density at radius 1 is 1.22 bits per heavy atom. The van der Waals surface area contributed by atoms with Crippen molar-refractivity contribution < 1.29 is 14.3 Å². The highest BCUT2D eigenvalue weighted by Gasteiger charge is 2.41. The number of hydrogen-bond donors (Lipinski definition) is 2. The molecule has 2 heterocycles. The number of benzene rings is 1. The highest BCUT2D eigenvalue weighted by atomic mass is 35.5. The van der Waals surface area contributed by atoms with Gasteiger partial charge in [-0.15, -0.1) is 12.4 Å². The summed E-state index contributed by atoms with van der Waals surface area (Å²) in [4.78, 5) is 13.0. The van der Waals surface area contributed by atoms with Crippen LogP contribution in [0.2, 0.25) is 0 Å². The van der Waals surface area contributed by atoms with Gasteiger partial charge in [0.15, 0.2) is 0 Å². The number of carbonyl (C=O) groups is 1. The Balaban J connectivity index is 0.00000180. The van der Waals surface area contributed by atoms with Crippen molar-refractivity contribution in [2.75, 3.05) is 26.3 Å². The van der Waals surface area contributed by atoms with Crippen LogP contribution in [0.4, 0.5) is 0 Å². The lowest BCUT2D eigenvalue weighted by molar-refractivity contribution is -0.0211. The summed E-state index contributed by atoms with van der Waals surface area (Å²) in [7, 11) is 0. The summed E-state index contributed by atoms with van der Waals surface area (Å²) in [6.07, 6.45) is 5.68. The Kier molecular flexibility index (Phi) is 5.62. The average molecular weight is 393 g/mol.